The number of aryl methyl sites for hydroxylation is 1. The van der Waals surface area contributed by atoms with Gasteiger partial charge in [0.1, 0.15) is 23.2 Å². The summed E-state index contributed by atoms with van der Waals surface area (Å²) in [6, 6.07) is 20.5. The lowest BCUT2D eigenvalue weighted by atomic mass is 9.83. The third kappa shape index (κ3) is 3.11. The summed E-state index contributed by atoms with van der Waals surface area (Å²) in [5.41, 5.74) is 11.2. The second-order valence-electron chi connectivity index (χ2n) is 8.50. The number of hydrogen-bond donors (Lipinski definition) is 1. The molecule has 1 atom stereocenters. The average molecular weight is 435 g/mol. The van der Waals surface area contributed by atoms with Gasteiger partial charge in [0.05, 0.1) is 11.5 Å². The van der Waals surface area contributed by atoms with Crippen molar-refractivity contribution in [3.8, 4) is 28.9 Å². The molecule has 6 rings (SSSR count). The van der Waals surface area contributed by atoms with E-state index in [1.54, 1.807) is 4.68 Å². The van der Waals surface area contributed by atoms with Gasteiger partial charge in [-0.2, -0.15) is 10.4 Å². The molecule has 0 spiro atoms. The normalized spacial score (nSPS) is 17.4. The smallest absolute Gasteiger partial charge is 0.224 e. The van der Waals surface area contributed by atoms with Crippen molar-refractivity contribution in [2.45, 2.75) is 24.7 Å². The lowest BCUT2D eigenvalue weighted by Crippen LogP contribution is -2.21. The monoisotopic (exact) mass is 434 g/mol. The Morgan fingerprint density at radius 3 is 2.55 bits per heavy atom. The summed E-state index contributed by atoms with van der Waals surface area (Å²) in [6.45, 7) is 0. The van der Waals surface area contributed by atoms with Gasteiger partial charge in [-0.25, -0.2) is 9.67 Å². The van der Waals surface area contributed by atoms with Crippen LogP contribution in [0.1, 0.15) is 41.6 Å². The number of ether oxygens (including phenoxy) is 1. The van der Waals surface area contributed by atoms with Crippen molar-refractivity contribution in [3.05, 3.63) is 95.4 Å². The average Bonchev–Trinajstić information content (AvgIpc) is 3.49. The summed E-state index contributed by atoms with van der Waals surface area (Å²) in [5, 5.41) is 14.7. The van der Waals surface area contributed by atoms with Crippen molar-refractivity contribution in [2.75, 3.05) is 0 Å². The first-order chi connectivity index (χ1) is 16.2. The molecular weight excluding hydrogens is 412 g/mol. The summed E-state index contributed by atoms with van der Waals surface area (Å²) in [6.07, 6.45) is 6.24. The molecule has 3 heterocycles. The molecule has 1 saturated carbocycles. The summed E-state index contributed by atoms with van der Waals surface area (Å²) in [4.78, 5) is 4.55. The fourth-order valence-corrected chi connectivity index (χ4v) is 4.62. The van der Waals surface area contributed by atoms with E-state index in [0.29, 0.717) is 17.4 Å². The maximum atomic E-state index is 9.99. The van der Waals surface area contributed by atoms with Crippen LogP contribution in [-0.4, -0.2) is 19.3 Å². The largest absolute Gasteiger partial charge is 0.422 e. The van der Waals surface area contributed by atoms with Crippen LogP contribution in [0.4, 0.5) is 0 Å². The molecule has 2 aromatic carbocycles. The maximum Gasteiger partial charge on any atom is 0.224 e. The number of aromatic nitrogens is 4. The molecule has 0 saturated heterocycles. The van der Waals surface area contributed by atoms with Gasteiger partial charge in [0.25, 0.3) is 0 Å². The van der Waals surface area contributed by atoms with Gasteiger partial charge < -0.3 is 15.0 Å². The van der Waals surface area contributed by atoms with Gasteiger partial charge >= 0.3 is 0 Å². The third-order valence-electron chi connectivity index (χ3n) is 6.36. The minimum atomic E-state index is -0.373. The third-order valence-corrected chi connectivity index (χ3v) is 6.36. The fraction of sp³-hybridized carbons (Fsp3) is 0.192. The van der Waals surface area contributed by atoms with Crippen molar-refractivity contribution >= 4 is 0 Å². The predicted molar refractivity (Wildman–Crippen MR) is 123 cm³/mol. The van der Waals surface area contributed by atoms with Crippen LogP contribution in [0.3, 0.4) is 0 Å². The van der Waals surface area contributed by atoms with Crippen molar-refractivity contribution < 1.29 is 4.74 Å². The molecule has 0 radical (unpaired) electrons. The SMILES string of the molecule is Cn1nc(-c2ccccc2)c2c1OC(N)=C(C#N)C2c1ccc(-n2ccnc2C2CC2)cc1. The molecule has 1 aliphatic carbocycles. The number of nitrogens with zero attached hydrogens (tertiary/aromatic N) is 5. The lowest BCUT2D eigenvalue weighted by Gasteiger charge is -2.25. The highest BCUT2D eigenvalue weighted by molar-refractivity contribution is 5.71. The molecule has 2 aromatic heterocycles. The van der Waals surface area contributed by atoms with E-state index in [2.05, 4.69) is 39.9 Å². The first kappa shape index (κ1) is 19.4. The highest BCUT2D eigenvalue weighted by Crippen LogP contribution is 2.46. The van der Waals surface area contributed by atoms with Gasteiger partial charge in [-0.3, -0.25) is 0 Å². The highest BCUT2D eigenvalue weighted by Gasteiger charge is 2.36. The molecule has 33 heavy (non-hydrogen) atoms. The molecule has 7 nitrogen and oxygen atoms in total. The minimum Gasteiger partial charge on any atom is -0.422 e. The van der Waals surface area contributed by atoms with Gasteiger partial charge in [-0.15, -0.1) is 0 Å². The molecule has 0 amide bonds. The van der Waals surface area contributed by atoms with Crippen LogP contribution < -0.4 is 10.5 Å². The molecule has 1 aliphatic heterocycles. The number of fused-ring (bicyclic) bond motifs is 1. The Kier molecular flexibility index (Phi) is 4.34. The van der Waals surface area contributed by atoms with Gasteiger partial charge in [0.15, 0.2) is 0 Å². The summed E-state index contributed by atoms with van der Waals surface area (Å²) in [5.74, 6) is 1.96. The summed E-state index contributed by atoms with van der Waals surface area (Å²) >= 11 is 0. The summed E-state index contributed by atoms with van der Waals surface area (Å²) < 4.78 is 9.71. The maximum absolute atomic E-state index is 9.99. The Bertz CT molecular complexity index is 1420. The van der Waals surface area contributed by atoms with Gasteiger partial charge in [-0.1, -0.05) is 42.5 Å². The van der Waals surface area contributed by atoms with Crippen molar-refractivity contribution in [1.29, 1.82) is 5.26 Å². The van der Waals surface area contributed by atoms with Gasteiger partial charge in [0.2, 0.25) is 11.8 Å². The number of nitrogens with two attached hydrogens (primary N) is 1. The van der Waals surface area contributed by atoms with E-state index in [4.69, 9.17) is 15.6 Å². The van der Waals surface area contributed by atoms with Crippen LogP contribution in [0.15, 0.2) is 78.4 Å². The zero-order chi connectivity index (χ0) is 22.5. The fourth-order valence-electron chi connectivity index (χ4n) is 4.62. The van der Waals surface area contributed by atoms with E-state index in [-0.39, 0.29) is 11.8 Å². The number of hydrogen-bond acceptors (Lipinski definition) is 5. The summed E-state index contributed by atoms with van der Waals surface area (Å²) in [7, 11) is 1.83. The molecule has 0 bridgehead atoms. The van der Waals surface area contributed by atoms with E-state index in [0.717, 1.165) is 33.9 Å². The van der Waals surface area contributed by atoms with E-state index < -0.39 is 0 Å². The van der Waals surface area contributed by atoms with E-state index in [9.17, 15) is 5.26 Å². The molecule has 162 valence electrons. The molecular formula is C26H22N6O. The second-order valence-corrected chi connectivity index (χ2v) is 8.50. The van der Waals surface area contributed by atoms with Crippen LogP contribution in [0.2, 0.25) is 0 Å². The Morgan fingerprint density at radius 1 is 1.09 bits per heavy atom. The number of imidazole rings is 1. The molecule has 1 fully saturated rings. The van der Waals surface area contributed by atoms with E-state index in [1.807, 2.05) is 49.8 Å². The molecule has 2 aliphatic rings. The standard InChI is InChI=1S/C26H22N6O/c1-31-26-22(23(30-31)17-5-3-2-4-6-17)21(20(15-27)24(28)33-26)16-9-11-19(12-10-16)32-14-13-29-25(32)18-7-8-18/h2-6,9-14,18,21H,7-8,28H2,1H3. The number of benzene rings is 2. The van der Waals surface area contributed by atoms with Crippen molar-refractivity contribution in [2.24, 2.45) is 12.8 Å². The van der Waals surface area contributed by atoms with Crippen LogP contribution in [0.25, 0.3) is 16.9 Å². The van der Waals surface area contributed by atoms with E-state index >= 15 is 0 Å². The highest BCUT2D eigenvalue weighted by atomic mass is 16.5. The zero-order valence-corrected chi connectivity index (χ0v) is 18.1. The van der Waals surface area contributed by atoms with Crippen molar-refractivity contribution in [1.82, 2.24) is 19.3 Å². The number of allylic oxidation sites excluding steroid dienone is 1. The van der Waals surface area contributed by atoms with Crippen LogP contribution in [0, 0.1) is 11.3 Å². The first-order valence-corrected chi connectivity index (χ1v) is 11.0. The first-order valence-electron chi connectivity index (χ1n) is 11.0. The predicted octanol–water partition coefficient (Wildman–Crippen LogP) is 4.37. The zero-order valence-electron chi connectivity index (χ0n) is 18.1. The van der Waals surface area contributed by atoms with Crippen LogP contribution in [-0.2, 0) is 7.05 Å². The number of rotatable bonds is 4. The molecule has 2 N–H and O–H groups in total. The molecule has 1 unspecified atom stereocenters. The Hall–Kier alpha value is -4.31. The topological polar surface area (TPSA) is 94.7 Å². The Morgan fingerprint density at radius 2 is 1.85 bits per heavy atom. The lowest BCUT2D eigenvalue weighted by molar-refractivity contribution is 0.358. The van der Waals surface area contributed by atoms with Crippen LogP contribution >= 0.6 is 0 Å². The van der Waals surface area contributed by atoms with Crippen molar-refractivity contribution in [3.63, 3.8) is 0 Å². The quantitative estimate of drug-likeness (QED) is 0.515. The molecule has 7 heteroatoms. The minimum absolute atomic E-state index is 0.118. The number of nitriles is 1. The molecule has 4 aromatic rings. The Labute approximate surface area is 191 Å². The Balaban J connectivity index is 1.48. The van der Waals surface area contributed by atoms with Gasteiger partial charge in [-0.05, 0) is 30.5 Å². The van der Waals surface area contributed by atoms with Crippen LogP contribution in [0.5, 0.6) is 5.88 Å². The van der Waals surface area contributed by atoms with Gasteiger partial charge in [0, 0.05) is 36.6 Å². The second kappa shape index (κ2) is 7.38. The van der Waals surface area contributed by atoms with E-state index in [1.165, 1.54) is 12.8 Å².